The van der Waals surface area contributed by atoms with E-state index in [9.17, 15) is 4.79 Å². The van der Waals surface area contributed by atoms with Crippen LogP contribution in [0.5, 0.6) is 0 Å². The lowest BCUT2D eigenvalue weighted by molar-refractivity contribution is -0.122. The predicted molar refractivity (Wildman–Crippen MR) is 110 cm³/mol. The smallest absolute Gasteiger partial charge is 0.234 e. The van der Waals surface area contributed by atoms with Crippen LogP contribution in [-0.2, 0) is 17.8 Å². The third-order valence-electron chi connectivity index (χ3n) is 5.31. The summed E-state index contributed by atoms with van der Waals surface area (Å²) in [7, 11) is 0. The maximum absolute atomic E-state index is 12.6. The van der Waals surface area contributed by atoms with Crippen molar-refractivity contribution in [1.82, 2.24) is 19.8 Å². The Hall–Kier alpha value is -2.92. The molecule has 1 unspecified atom stereocenters. The second-order valence-electron chi connectivity index (χ2n) is 7.33. The van der Waals surface area contributed by atoms with Gasteiger partial charge in [-0.1, -0.05) is 35.9 Å². The number of carbonyl (C=O) groups is 1. The Morgan fingerprint density at radius 3 is 2.75 bits per heavy atom. The number of aromatic nitrogens is 2. The number of benzene rings is 1. The highest BCUT2D eigenvalue weighted by atomic mass is 16.2. The summed E-state index contributed by atoms with van der Waals surface area (Å²) in [6.07, 6.45) is 4.66. The molecule has 0 saturated carbocycles. The normalized spacial score (nSPS) is 16.5. The number of carbonyl (C=O) groups excluding carboxylic acids is 1. The summed E-state index contributed by atoms with van der Waals surface area (Å²) < 4.78 is 2.29. The molecule has 0 saturated heterocycles. The number of rotatable bonds is 6. The highest BCUT2D eigenvalue weighted by molar-refractivity contribution is 5.78. The molecular formula is C23H26N4O. The van der Waals surface area contributed by atoms with Crippen LogP contribution in [0.1, 0.15) is 28.6 Å². The van der Waals surface area contributed by atoms with Crippen molar-refractivity contribution in [3.63, 3.8) is 0 Å². The number of nitrogens with one attached hydrogen (secondary N) is 1. The van der Waals surface area contributed by atoms with E-state index in [4.69, 9.17) is 0 Å². The van der Waals surface area contributed by atoms with Gasteiger partial charge in [-0.15, -0.1) is 0 Å². The lowest BCUT2D eigenvalue weighted by atomic mass is 9.99. The largest absolute Gasteiger partial charge is 0.355 e. The zero-order chi connectivity index (χ0) is 19.3. The molecule has 1 aliphatic heterocycles. The molecule has 0 spiro atoms. The molecule has 3 heterocycles. The second-order valence-corrected chi connectivity index (χ2v) is 7.33. The summed E-state index contributed by atoms with van der Waals surface area (Å²) in [4.78, 5) is 19.2. The number of hydrogen-bond donors (Lipinski definition) is 1. The van der Waals surface area contributed by atoms with E-state index in [1.807, 2.05) is 18.2 Å². The first-order chi connectivity index (χ1) is 13.7. The maximum atomic E-state index is 12.6. The van der Waals surface area contributed by atoms with Crippen molar-refractivity contribution < 1.29 is 4.79 Å². The second kappa shape index (κ2) is 8.40. The van der Waals surface area contributed by atoms with E-state index in [0.717, 1.165) is 25.2 Å². The molecule has 0 aliphatic carbocycles. The maximum Gasteiger partial charge on any atom is 0.234 e. The van der Waals surface area contributed by atoms with Gasteiger partial charge in [-0.3, -0.25) is 14.7 Å². The highest BCUT2D eigenvalue weighted by Gasteiger charge is 2.29. The zero-order valence-corrected chi connectivity index (χ0v) is 16.2. The summed E-state index contributed by atoms with van der Waals surface area (Å²) in [5.74, 6) is 0.0630. The number of fused-ring (bicyclic) bond motifs is 1. The van der Waals surface area contributed by atoms with Gasteiger partial charge in [0.15, 0.2) is 0 Å². The van der Waals surface area contributed by atoms with Crippen molar-refractivity contribution in [2.45, 2.75) is 25.9 Å². The fourth-order valence-electron chi connectivity index (χ4n) is 3.85. The van der Waals surface area contributed by atoms with E-state index in [0.29, 0.717) is 13.1 Å². The van der Waals surface area contributed by atoms with Gasteiger partial charge in [-0.2, -0.15) is 0 Å². The van der Waals surface area contributed by atoms with Crippen LogP contribution in [0.2, 0.25) is 0 Å². The number of amides is 1. The first-order valence-corrected chi connectivity index (χ1v) is 9.83. The molecule has 144 valence electrons. The molecule has 1 amide bonds. The zero-order valence-electron chi connectivity index (χ0n) is 16.2. The summed E-state index contributed by atoms with van der Waals surface area (Å²) >= 11 is 0. The van der Waals surface area contributed by atoms with E-state index < -0.39 is 0 Å². The average molecular weight is 374 g/mol. The predicted octanol–water partition coefficient (Wildman–Crippen LogP) is 2.96. The van der Waals surface area contributed by atoms with Crippen molar-refractivity contribution in [2.75, 3.05) is 19.6 Å². The molecule has 1 aliphatic rings. The van der Waals surface area contributed by atoms with E-state index >= 15 is 0 Å². The quantitative estimate of drug-likeness (QED) is 0.722. The SMILES string of the molecule is Cc1ccc(C2c3cccn3CCN2CC(=O)NCCc2ccccn2)cc1. The van der Waals surface area contributed by atoms with Gasteiger partial charge < -0.3 is 9.88 Å². The topological polar surface area (TPSA) is 50.2 Å². The van der Waals surface area contributed by atoms with Crippen molar-refractivity contribution in [3.05, 3.63) is 89.5 Å². The van der Waals surface area contributed by atoms with Gasteiger partial charge in [0.2, 0.25) is 5.91 Å². The van der Waals surface area contributed by atoms with Crippen LogP contribution in [0.15, 0.2) is 67.0 Å². The molecule has 0 fully saturated rings. The van der Waals surface area contributed by atoms with Crippen molar-refractivity contribution in [2.24, 2.45) is 0 Å². The van der Waals surface area contributed by atoms with E-state index in [-0.39, 0.29) is 11.9 Å². The molecule has 2 aromatic heterocycles. The number of aryl methyl sites for hydroxylation is 1. The monoisotopic (exact) mass is 374 g/mol. The number of pyridine rings is 1. The van der Waals surface area contributed by atoms with Crippen molar-refractivity contribution in [3.8, 4) is 0 Å². The summed E-state index contributed by atoms with van der Waals surface area (Å²) in [6, 6.07) is 18.8. The minimum Gasteiger partial charge on any atom is -0.355 e. The molecule has 1 atom stereocenters. The fraction of sp³-hybridized carbons (Fsp3) is 0.304. The van der Waals surface area contributed by atoms with Crippen LogP contribution in [0.3, 0.4) is 0 Å². The van der Waals surface area contributed by atoms with Crippen LogP contribution in [0, 0.1) is 6.92 Å². The van der Waals surface area contributed by atoms with Gasteiger partial charge in [-0.05, 0) is 36.8 Å². The Bertz CT molecular complexity index is 917. The number of nitrogens with zero attached hydrogens (tertiary/aromatic N) is 3. The highest BCUT2D eigenvalue weighted by Crippen LogP contribution is 2.32. The minimum atomic E-state index is 0.0630. The molecule has 4 rings (SSSR count). The van der Waals surface area contributed by atoms with Gasteiger partial charge in [0.05, 0.1) is 12.6 Å². The van der Waals surface area contributed by atoms with E-state index in [1.54, 1.807) is 6.20 Å². The molecule has 0 radical (unpaired) electrons. The van der Waals surface area contributed by atoms with Crippen molar-refractivity contribution in [1.29, 1.82) is 0 Å². The Morgan fingerprint density at radius 2 is 1.96 bits per heavy atom. The lowest BCUT2D eigenvalue weighted by Crippen LogP contribution is -2.44. The van der Waals surface area contributed by atoms with Crippen LogP contribution >= 0.6 is 0 Å². The Morgan fingerprint density at radius 1 is 1.11 bits per heavy atom. The van der Waals surface area contributed by atoms with E-state index in [1.165, 1.54) is 16.8 Å². The molecular weight excluding hydrogens is 348 g/mol. The minimum absolute atomic E-state index is 0.0630. The molecule has 0 bridgehead atoms. The van der Waals surface area contributed by atoms with Crippen LogP contribution in [0.25, 0.3) is 0 Å². The average Bonchev–Trinajstić information content (AvgIpc) is 3.18. The Labute approximate surface area is 166 Å². The van der Waals surface area contributed by atoms with Crippen LogP contribution in [0.4, 0.5) is 0 Å². The first-order valence-electron chi connectivity index (χ1n) is 9.83. The summed E-state index contributed by atoms with van der Waals surface area (Å²) in [5, 5.41) is 3.05. The molecule has 5 nitrogen and oxygen atoms in total. The fourth-order valence-corrected chi connectivity index (χ4v) is 3.85. The van der Waals surface area contributed by atoms with Gasteiger partial charge in [0.1, 0.15) is 0 Å². The third kappa shape index (κ3) is 4.15. The van der Waals surface area contributed by atoms with Gasteiger partial charge in [0, 0.05) is 49.8 Å². The lowest BCUT2D eigenvalue weighted by Gasteiger charge is -2.37. The summed E-state index contributed by atoms with van der Waals surface area (Å²) in [5.41, 5.74) is 4.72. The molecule has 1 N–H and O–H groups in total. The van der Waals surface area contributed by atoms with Gasteiger partial charge in [0.25, 0.3) is 0 Å². The third-order valence-corrected chi connectivity index (χ3v) is 5.31. The Balaban J connectivity index is 1.43. The molecule has 5 heteroatoms. The van der Waals surface area contributed by atoms with Gasteiger partial charge >= 0.3 is 0 Å². The van der Waals surface area contributed by atoms with Crippen LogP contribution in [-0.4, -0.2) is 40.0 Å². The molecule has 3 aromatic rings. The van der Waals surface area contributed by atoms with Gasteiger partial charge in [-0.25, -0.2) is 0 Å². The van der Waals surface area contributed by atoms with E-state index in [2.05, 4.69) is 69.3 Å². The molecule has 1 aromatic carbocycles. The first kappa shape index (κ1) is 18.4. The van der Waals surface area contributed by atoms with Crippen LogP contribution < -0.4 is 5.32 Å². The standard InChI is InChI=1S/C23H26N4O/c1-18-7-9-19(10-8-18)23-21-6-4-14-26(21)15-16-27(23)17-22(28)25-13-11-20-5-2-3-12-24-20/h2-10,12,14,23H,11,13,15-17H2,1H3,(H,25,28). The Kier molecular flexibility index (Phi) is 5.53. The number of hydrogen-bond acceptors (Lipinski definition) is 3. The summed E-state index contributed by atoms with van der Waals surface area (Å²) in [6.45, 7) is 4.86. The molecule has 28 heavy (non-hydrogen) atoms. The van der Waals surface area contributed by atoms with Crippen molar-refractivity contribution >= 4 is 5.91 Å².